The minimum atomic E-state index is -0.157. The molecule has 2 N–H and O–H groups in total. The van der Waals surface area contributed by atoms with E-state index in [1.807, 2.05) is 24.3 Å². The van der Waals surface area contributed by atoms with Crippen molar-refractivity contribution in [3.05, 3.63) is 53.0 Å². The highest BCUT2D eigenvalue weighted by Gasteiger charge is 2.04. The van der Waals surface area contributed by atoms with Gasteiger partial charge < -0.3 is 15.4 Å². The van der Waals surface area contributed by atoms with Crippen LogP contribution in [0.15, 0.2) is 53.0 Å². The number of rotatable bonds is 6. The molecule has 5 nitrogen and oxygen atoms in total. The summed E-state index contributed by atoms with van der Waals surface area (Å²) in [5, 5.41) is 5.44. The monoisotopic (exact) mass is 376 g/mol. The molecule has 0 radical (unpaired) electrons. The van der Waals surface area contributed by atoms with E-state index in [1.165, 1.54) is 6.92 Å². The summed E-state index contributed by atoms with van der Waals surface area (Å²) < 4.78 is 6.45. The molecule has 6 heteroatoms. The fourth-order valence-corrected chi connectivity index (χ4v) is 2.30. The van der Waals surface area contributed by atoms with Crippen LogP contribution in [0.4, 0.5) is 11.4 Å². The third-order valence-corrected chi connectivity index (χ3v) is 3.35. The lowest BCUT2D eigenvalue weighted by atomic mass is 10.2. The summed E-state index contributed by atoms with van der Waals surface area (Å²) in [4.78, 5) is 22.9. The summed E-state index contributed by atoms with van der Waals surface area (Å²) in [6, 6.07) is 14.4. The number of anilines is 2. The normalized spacial score (nSPS) is 10.0. The molecule has 23 heavy (non-hydrogen) atoms. The maximum absolute atomic E-state index is 11.9. The molecule has 0 aromatic heterocycles. The Balaban J connectivity index is 1.81. The Kier molecular flexibility index (Phi) is 6.17. The highest BCUT2D eigenvalue weighted by atomic mass is 79.9. The summed E-state index contributed by atoms with van der Waals surface area (Å²) >= 11 is 3.36. The molecule has 0 aliphatic rings. The van der Waals surface area contributed by atoms with Crippen LogP contribution in [0.25, 0.3) is 0 Å². The van der Waals surface area contributed by atoms with Crippen molar-refractivity contribution in [2.75, 3.05) is 17.2 Å². The van der Waals surface area contributed by atoms with Crippen molar-refractivity contribution in [2.45, 2.75) is 13.3 Å². The van der Waals surface area contributed by atoms with Crippen molar-refractivity contribution in [1.82, 2.24) is 0 Å². The molecule has 2 rings (SSSR count). The Labute approximate surface area is 143 Å². The molecule has 0 fully saturated rings. The van der Waals surface area contributed by atoms with Crippen molar-refractivity contribution in [3.63, 3.8) is 0 Å². The molecule has 120 valence electrons. The third-order valence-electron chi connectivity index (χ3n) is 2.86. The van der Waals surface area contributed by atoms with Crippen LogP contribution >= 0.6 is 15.9 Å². The Morgan fingerprint density at radius 1 is 1.04 bits per heavy atom. The SMILES string of the molecule is CC(=O)Nc1cccc(NC(=O)CCOc2cccc(Br)c2)c1. The number of halogens is 1. The lowest BCUT2D eigenvalue weighted by Crippen LogP contribution is -2.15. The highest BCUT2D eigenvalue weighted by Crippen LogP contribution is 2.18. The summed E-state index contributed by atoms with van der Waals surface area (Å²) in [6.07, 6.45) is 0.233. The van der Waals surface area contributed by atoms with Crippen LogP contribution in [0.2, 0.25) is 0 Å². The molecule has 2 amide bonds. The predicted octanol–water partition coefficient (Wildman–Crippen LogP) is 3.82. The topological polar surface area (TPSA) is 67.4 Å². The molecule has 2 aromatic rings. The van der Waals surface area contributed by atoms with Gasteiger partial charge in [0.2, 0.25) is 11.8 Å². The van der Waals surface area contributed by atoms with Crippen LogP contribution in [0, 0.1) is 0 Å². The Morgan fingerprint density at radius 2 is 1.74 bits per heavy atom. The first-order valence-electron chi connectivity index (χ1n) is 7.09. The molecule has 0 unspecified atom stereocenters. The molecular formula is C17H17BrN2O3. The average Bonchev–Trinajstić information content (AvgIpc) is 2.47. The van der Waals surface area contributed by atoms with Crippen molar-refractivity contribution < 1.29 is 14.3 Å². The lowest BCUT2D eigenvalue weighted by molar-refractivity contribution is -0.116. The lowest BCUT2D eigenvalue weighted by Gasteiger charge is -2.09. The molecule has 0 saturated carbocycles. The maximum Gasteiger partial charge on any atom is 0.227 e. The van der Waals surface area contributed by atoms with E-state index < -0.39 is 0 Å². The van der Waals surface area contributed by atoms with Gasteiger partial charge in [0.15, 0.2) is 0 Å². The van der Waals surface area contributed by atoms with E-state index in [0.29, 0.717) is 17.1 Å². The second-order valence-corrected chi connectivity index (χ2v) is 5.78. The van der Waals surface area contributed by atoms with E-state index in [9.17, 15) is 9.59 Å². The fourth-order valence-electron chi connectivity index (χ4n) is 1.92. The zero-order valence-corrected chi connectivity index (χ0v) is 14.2. The van der Waals surface area contributed by atoms with Crippen LogP contribution in [0.3, 0.4) is 0 Å². The smallest absolute Gasteiger partial charge is 0.227 e. The number of nitrogens with one attached hydrogen (secondary N) is 2. The molecule has 0 spiro atoms. The quantitative estimate of drug-likeness (QED) is 0.805. The van der Waals surface area contributed by atoms with Gasteiger partial charge in [-0.1, -0.05) is 28.1 Å². The molecule has 0 aliphatic carbocycles. The number of ether oxygens (including phenoxy) is 1. The Hall–Kier alpha value is -2.34. The third kappa shape index (κ3) is 6.12. The highest BCUT2D eigenvalue weighted by molar-refractivity contribution is 9.10. The van der Waals surface area contributed by atoms with Gasteiger partial charge in [-0.15, -0.1) is 0 Å². The van der Waals surface area contributed by atoms with Crippen molar-refractivity contribution in [3.8, 4) is 5.75 Å². The van der Waals surface area contributed by atoms with Gasteiger partial charge in [0.25, 0.3) is 0 Å². The molecule has 0 saturated heterocycles. The number of amides is 2. The minimum absolute atomic E-state index is 0.153. The average molecular weight is 377 g/mol. The van der Waals surface area contributed by atoms with Crippen molar-refractivity contribution in [2.24, 2.45) is 0 Å². The van der Waals surface area contributed by atoms with Gasteiger partial charge >= 0.3 is 0 Å². The Morgan fingerprint density at radius 3 is 2.43 bits per heavy atom. The van der Waals surface area contributed by atoms with Crippen molar-refractivity contribution in [1.29, 1.82) is 0 Å². The van der Waals surface area contributed by atoms with Crippen LogP contribution in [-0.4, -0.2) is 18.4 Å². The summed E-state index contributed by atoms with van der Waals surface area (Å²) in [5.41, 5.74) is 1.27. The second-order valence-electron chi connectivity index (χ2n) is 4.87. The molecular weight excluding hydrogens is 360 g/mol. The second kappa shape index (κ2) is 8.33. The zero-order chi connectivity index (χ0) is 16.7. The van der Waals surface area contributed by atoms with E-state index >= 15 is 0 Å². The van der Waals surface area contributed by atoms with Crippen LogP contribution in [0.5, 0.6) is 5.75 Å². The standard InChI is InChI=1S/C17H17BrN2O3/c1-12(21)19-14-5-3-6-15(11-14)20-17(22)8-9-23-16-7-2-4-13(18)10-16/h2-7,10-11H,8-9H2,1H3,(H,19,21)(H,20,22). The van der Waals surface area contributed by atoms with Crippen molar-refractivity contribution >= 4 is 39.1 Å². The van der Waals surface area contributed by atoms with E-state index in [1.54, 1.807) is 24.3 Å². The van der Waals surface area contributed by atoms with Gasteiger partial charge in [-0.2, -0.15) is 0 Å². The van der Waals surface area contributed by atoms with E-state index in [0.717, 1.165) is 4.47 Å². The van der Waals surface area contributed by atoms with Gasteiger partial charge in [-0.25, -0.2) is 0 Å². The van der Waals surface area contributed by atoms with Gasteiger partial charge in [0.05, 0.1) is 13.0 Å². The first-order valence-corrected chi connectivity index (χ1v) is 7.88. The summed E-state index contributed by atoms with van der Waals surface area (Å²) in [6.45, 7) is 1.72. The summed E-state index contributed by atoms with van der Waals surface area (Å²) in [7, 11) is 0. The minimum Gasteiger partial charge on any atom is -0.493 e. The molecule has 0 atom stereocenters. The molecule has 0 bridgehead atoms. The Bertz CT molecular complexity index is 704. The summed E-state index contributed by atoms with van der Waals surface area (Å²) in [5.74, 6) is 0.399. The fraction of sp³-hybridized carbons (Fsp3) is 0.176. The first kappa shape index (κ1) is 17.0. The van der Waals surface area contributed by atoms with E-state index in [2.05, 4.69) is 26.6 Å². The van der Waals surface area contributed by atoms with Crippen LogP contribution < -0.4 is 15.4 Å². The first-order chi connectivity index (χ1) is 11.0. The maximum atomic E-state index is 11.9. The van der Waals surface area contributed by atoms with Gasteiger partial charge in [-0.05, 0) is 36.4 Å². The van der Waals surface area contributed by atoms with E-state index in [4.69, 9.17) is 4.74 Å². The number of hydrogen-bond donors (Lipinski definition) is 2. The number of hydrogen-bond acceptors (Lipinski definition) is 3. The molecule has 2 aromatic carbocycles. The van der Waals surface area contributed by atoms with Crippen LogP contribution in [0.1, 0.15) is 13.3 Å². The van der Waals surface area contributed by atoms with E-state index in [-0.39, 0.29) is 24.8 Å². The number of carbonyl (C=O) groups excluding carboxylic acids is 2. The number of benzene rings is 2. The largest absolute Gasteiger partial charge is 0.493 e. The van der Waals surface area contributed by atoms with Crippen LogP contribution in [-0.2, 0) is 9.59 Å². The molecule has 0 heterocycles. The number of carbonyl (C=O) groups is 2. The van der Waals surface area contributed by atoms with Gasteiger partial charge in [0.1, 0.15) is 5.75 Å². The molecule has 0 aliphatic heterocycles. The van der Waals surface area contributed by atoms with Gasteiger partial charge in [0, 0.05) is 22.8 Å². The van der Waals surface area contributed by atoms with Gasteiger partial charge in [-0.3, -0.25) is 9.59 Å². The zero-order valence-electron chi connectivity index (χ0n) is 12.6. The predicted molar refractivity (Wildman–Crippen MR) is 93.6 cm³/mol.